The third-order valence-corrected chi connectivity index (χ3v) is 2.99. The van der Waals surface area contributed by atoms with Crippen LogP contribution in [0.2, 0.25) is 0 Å². The molecule has 0 radical (unpaired) electrons. The number of aromatic nitrogens is 3. The zero-order chi connectivity index (χ0) is 15.2. The third kappa shape index (κ3) is 3.91. The van der Waals surface area contributed by atoms with Gasteiger partial charge in [-0.05, 0) is 13.0 Å². The van der Waals surface area contributed by atoms with Gasteiger partial charge in [-0.2, -0.15) is 5.10 Å². The van der Waals surface area contributed by atoms with E-state index >= 15 is 0 Å². The highest BCUT2D eigenvalue weighted by atomic mass is 16.6. The molecule has 2 N–H and O–H groups in total. The fourth-order valence-corrected chi connectivity index (χ4v) is 1.95. The van der Waals surface area contributed by atoms with Gasteiger partial charge < -0.3 is 10.6 Å². The highest BCUT2D eigenvalue weighted by Gasteiger charge is 2.10. The van der Waals surface area contributed by atoms with E-state index < -0.39 is 4.92 Å². The zero-order valence-corrected chi connectivity index (χ0v) is 12.0. The molecule has 112 valence electrons. The van der Waals surface area contributed by atoms with Crippen molar-refractivity contribution in [2.24, 2.45) is 7.05 Å². The van der Waals surface area contributed by atoms with Crippen molar-refractivity contribution in [3.05, 3.63) is 40.2 Å². The van der Waals surface area contributed by atoms with Crippen molar-refractivity contribution < 1.29 is 4.92 Å². The molecular formula is C13H18N6O2. The van der Waals surface area contributed by atoms with Gasteiger partial charge in [-0.3, -0.25) is 14.8 Å². The summed E-state index contributed by atoms with van der Waals surface area (Å²) in [6.45, 7) is 3.19. The van der Waals surface area contributed by atoms with E-state index in [9.17, 15) is 10.1 Å². The summed E-state index contributed by atoms with van der Waals surface area (Å²) in [5, 5.41) is 21.1. The van der Waals surface area contributed by atoms with Gasteiger partial charge in [0, 0.05) is 38.4 Å². The van der Waals surface area contributed by atoms with Crippen molar-refractivity contribution in [1.29, 1.82) is 0 Å². The van der Waals surface area contributed by atoms with Crippen molar-refractivity contribution in [2.75, 3.05) is 23.7 Å². The molecule has 0 saturated carbocycles. The predicted molar refractivity (Wildman–Crippen MR) is 80.5 cm³/mol. The molecule has 8 heteroatoms. The molecule has 0 aliphatic heterocycles. The van der Waals surface area contributed by atoms with Gasteiger partial charge in [0.1, 0.15) is 11.6 Å². The smallest absolute Gasteiger partial charge is 0.276 e. The number of nitrogens with one attached hydrogen (secondary N) is 2. The summed E-state index contributed by atoms with van der Waals surface area (Å²) in [5.74, 6) is 0.983. The lowest BCUT2D eigenvalue weighted by Crippen LogP contribution is -2.10. The third-order valence-electron chi connectivity index (χ3n) is 2.99. The molecule has 0 bridgehead atoms. The maximum absolute atomic E-state index is 10.9. The van der Waals surface area contributed by atoms with Gasteiger partial charge in [-0.1, -0.05) is 0 Å². The molecule has 0 aliphatic rings. The van der Waals surface area contributed by atoms with Crippen LogP contribution in [0.3, 0.4) is 0 Å². The second-order valence-electron chi connectivity index (χ2n) is 4.51. The van der Waals surface area contributed by atoms with E-state index in [1.165, 1.54) is 12.1 Å². The van der Waals surface area contributed by atoms with E-state index in [0.717, 1.165) is 12.1 Å². The molecule has 0 amide bonds. The first-order valence-corrected chi connectivity index (χ1v) is 6.71. The van der Waals surface area contributed by atoms with Crippen LogP contribution in [0.15, 0.2) is 24.4 Å². The number of pyridine rings is 1. The minimum absolute atomic E-state index is 0.0176. The summed E-state index contributed by atoms with van der Waals surface area (Å²) in [6, 6.07) is 4.80. The fraction of sp³-hybridized carbons (Fsp3) is 0.385. The Kier molecular flexibility index (Phi) is 4.70. The second kappa shape index (κ2) is 6.69. The summed E-state index contributed by atoms with van der Waals surface area (Å²) >= 11 is 0. The van der Waals surface area contributed by atoms with E-state index in [1.54, 1.807) is 10.9 Å². The van der Waals surface area contributed by atoms with Crippen molar-refractivity contribution in [3.63, 3.8) is 0 Å². The first-order valence-electron chi connectivity index (χ1n) is 6.71. The topological polar surface area (TPSA) is 97.9 Å². The van der Waals surface area contributed by atoms with Crippen LogP contribution in [0.5, 0.6) is 0 Å². The number of nitrogens with zero attached hydrogens (tertiary/aromatic N) is 4. The molecule has 2 heterocycles. The minimum Gasteiger partial charge on any atom is -0.370 e. The second-order valence-corrected chi connectivity index (χ2v) is 4.51. The Labute approximate surface area is 122 Å². The van der Waals surface area contributed by atoms with Gasteiger partial charge in [0.2, 0.25) is 0 Å². The van der Waals surface area contributed by atoms with E-state index in [0.29, 0.717) is 24.7 Å². The average Bonchev–Trinajstić information content (AvgIpc) is 2.84. The predicted octanol–water partition coefficient (Wildman–Crippen LogP) is 1.81. The van der Waals surface area contributed by atoms with E-state index in [2.05, 4.69) is 20.7 Å². The molecule has 0 spiro atoms. The SMILES string of the molecule is CCNc1cc([N+](=O)[O-])cc(NCCc2ccnn2C)n1. The number of aryl methyl sites for hydroxylation is 1. The quantitative estimate of drug-likeness (QED) is 0.596. The average molecular weight is 290 g/mol. The molecule has 21 heavy (non-hydrogen) atoms. The van der Waals surface area contributed by atoms with Crippen molar-refractivity contribution in [1.82, 2.24) is 14.8 Å². The number of nitro groups is 1. The Hall–Kier alpha value is -2.64. The summed E-state index contributed by atoms with van der Waals surface area (Å²) in [7, 11) is 1.88. The lowest BCUT2D eigenvalue weighted by molar-refractivity contribution is -0.384. The lowest BCUT2D eigenvalue weighted by atomic mass is 10.3. The van der Waals surface area contributed by atoms with Gasteiger partial charge in [-0.15, -0.1) is 0 Å². The molecular weight excluding hydrogens is 272 g/mol. The van der Waals surface area contributed by atoms with Gasteiger partial charge in [-0.25, -0.2) is 4.98 Å². The summed E-state index contributed by atoms with van der Waals surface area (Å²) in [6.07, 6.45) is 2.50. The van der Waals surface area contributed by atoms with Gasteiger partial charge in [0.05, 0.1) is 17.1 Å². The van der Waals surface area contributed by atoms with Crippen LogP contribution in [-0.4, -0.2) is 32.8 Å². The summed E-state index contributed by atoms with van der Waals surface area (Å²) in [4.78, 5) is 14.8. The molecule has 2 aromatic heterocycles. The molecule has 0 saturated heterocycles. The summed E-state index contributed by atoms with van der Waals surface area (Å²) < 4.78 is 1.80. The number of hydrogen-bond acceptors (Lipinski definition) is 6. The monoisotopic (exact) mass is 290 g/mol. The molecule has 0 aromatic carbocycles. The molecule has 2 aromatic rings. The molecule has 8 nitrogen and oxygen atoms in total. The first kappa shape index (κ1) is 14.8. The fourth-order valence-electron chi connectivity index (χ4n) is 1.95. The largest absolute Gasteiger partial charge is 0.370 e. The summed E-state index contributed by atoms with van der Waals surface area (Å²) in [5.41, 5.74) is 1.10. The van der Waals surface area contributed by atoms with Gasteiger partial charge in [0.25, 0.3) is 5.69 Å². The lowest BCUT2D eigenvalue weighted by Gasteiger charge is -2.08. The number of hydrogen-bond donors (Lipinski definition) is 2. The van der Waals surface area contributed by atoms with Crippen LogP contribution in [0.1, 0.15) is 12.6 Å². The highest BCUT2D eigenvalue weighted by Crippen LogP contribution is 2.20. The van der Waals surface area contributed by atoms with Crippen molar-refractivity contribution >= 4 is 17.3 Å². The Balaban J connectivity index is 2.04. The van der Waals surface area contributed by atoms with Crippen LogP contribution in [0.25, 0.3) is 0 Å². The minimum atomic E-state index is -0.422. The van der Waals surface area contributed by atoms with Crippen LogP contribution >= 0.6 is 0 Å². The van der Waals surface area contributed by atoms with E-state index in [-0.39, 0.29) is 5.69 Å². The van der Waals surface area contributed by atoms with Gasteiger partial charge in [0.15, 0.2) is 0 Å². The van der Waals surface area contributed by atoms with Crippen molar-refractivity contribution in [2.45, 2.75) is 13.3 Å². The Morgan fingerprint density at radius 3 is 2.62 bits per heavy atom. The van der Waals surface area contributed by atoms with E-state index in [1.807, 2.05) is 20.0 Å². The maximum atomic E-state index is 10.9. The van der Waals surface area contributed by atoms with Gasteiger partial charge >= 0.3 is 0 Å². The molecule has 0 aliphatic carbocycles. The Morgan fingerprint density at radius 2 is 2.05 bits per heavy atom. The molecule has 2 rings (SSSR count). The highest BCUT2D eigenvalue weighted by molar-refractivity contribution is 5.54. The molecule has 0 unspecified atom stereocenters. The zero-order valence-electron chi connectivity index (χ0n) is 12.0. The maximum Gasteiger partial charge on any atom is 0.276 e. The Morgan fingerprint density at radius 1 is 1.33 bits per heavy atom. The molecule has 0 atom stereocenters. The van der Waals surface area contributed by atoms with Crippen LogP contribution in [0, 0.1) is 10.1 Å². The van der Waals surface area contributed by atoms with Crippen LogP contribution < -0.4 is 10.6 Å². The van der Waals surface area contributed by atoms with Crippen LogP contribution in [0.4, 0.5) is 17.3 Å². The molecule has 0 fully saturated rings. The van der Waals surface area contributed by atoms with Crippen LogP contribution in [-0.2, 0) is 13.5 Å². The first-order chi connectivity index (χ1) is 10.1. The normalized spacial score (nSPS) is 10.4. The standard InChI is InChI=1S/C13H18N6O2/c1-3-14-12-8-11(19(20)21)9-13(17-12)15-6-4-10-5-7-16-18(10)2/h5,7-9H,3-4,6H2,1-2H3,(H2,14,15,17). The number of rotatable bonds is 7. The Bertz CT molecular complexity index is 625. The van der Waals surface area contributed by atoms with E-state index in [4.69, 9.17) is 0 Å². The van der Waals surface area contributed by atoms with Crippen molar-refractivity contribution in [3.8, 4) is 0 Å². The number of anilines is 2.